The lowest BCUT2D eigenvalue weighted by molar-refractivity contribution is -0.169. The van der Waals surface area contributed by atoms with E-state index in [1.807, 2.05) is 13.0 Å². The van der Waals surface area contributed by atoms with Crippen molar-refractivity contribution in [2.75, 3.05) is 77.9 Å². The minimum Gasteiger partial charge on any atom is -0.429 e. The summed E-state index contributed by atoms with van der Waals surface area (Å²) in [6.45, 7) is 7.48. The highest BCUT2D eigenvalue weighted by Crippen LogP contribution is 2.66. The lowest BCUT2D eigenvalue weighted by Crippen LogP contribution is -2.60. The molecule has 8 N–H and O–H groups in total. The molecule has 0 radical (unpaired) electrons. The number of hydrogen-bond acceptors (Lipinski definition) is 19. The molecule has 1 aromatic carbocycles. The van der Waals surface area contributed by atoms with E-state index < -0.39 is 101 Å². The molecule has 8 amide bonds. The largest absolute Gasteiger partial charge is 0.509 e. The molecule has 1 aromatic rings. The molecular formula is C57H75N7O19. The average molecular weight is 1160 g/mol. The van der Waals surface area contributed by atoms with Gasteiger partial charge in [0, 0.05) is 66.9 Å². The maximum Gasteiger partial charge on any atom is 0.509 e. The first-order valence-electron chi connectivity index (χ1n) is 27.7. The number of nitrogens with two attached hydrogens (primary N) is 1. The molecule has 3 fully saturated rings. The van der Waals surface area contributed by atoms with Gasteiger partial charge in [0.25, 0.3) is 11.8 Å². The van der Waals surface area contributed by atoms with Gasteiger partial charge in [-0.25, -0.2) is 4.79 Å². The highest BCUT2D eigenvalue weighted by atomic mass is 16.7. The van der Waals surface area contributed by atoms with E-state index in [1.165, 1.54) is 44.2 Å². The van der Waals surface area contributed by atoms with Crippen molar-refractivity contribution >= 4 is 76.4 Å². The number of nitrogens with zero attached hydrogens (tertiary/aromatic N) is 1. The van der Waals surface area contributed by atoms with E-state index in [2.05, 4.69) is 26.6 Å². The highest BCUT2D eigenvalue weighted by Gasteiger charge is 2.68. The Morgan fingerprint density at radius 1 is 0.735 bits per heavy atom. The minimum atomic E-state index is -1.92. The average Bonchev–Trinajstić information content (AvgIpc) is 1.87. The second-order valence-electron chi connectivity index (χ2n) is 21.6. The quantitative estimate of drug-likeness (QED) is 0.0290. The zero-order valence-electron chi connectivity index (χ0n) is 47.1. The molecule has 26 heteroatoms. The van der Waals surface area contributed by atoms with E-state index in [-0.39, 0.29) is 133 Å². The Balaban J connectivity index is 0.802. The molecule has 0 bridgehead atoms. The molecule has 452 valence electrons. The van der Waals surface area contributed by atoms with E-state index in [9.17, 15) is 62.6 Å². The predicted molar refractivity (Wildman–Crippen MR) is 291 cm³/mol. The Labute approximate surface area is 479 Å². The molecule has 0 saturated heterocycles. The zero-order valence-corrected chi connectivity index (χ0v) is 47.1. The Morgan fingerprint density at radius 3 is 2.00 bits per heavy atom. The number of nitrogens with one attached hydrogen (secondary N) is 5. The fourth-order valence-electron chi connectivity index (χ4n) is 11.5. The third-order valence-electron chi connectivity index (χ3n) is 16.0. The summed E-state index contributed by atoms with van der Waals surface area (Å²) in [7, 11) is 0. The van der Waals surface area contributed by atoms with Gasteiger partial charge >= 0.3 is 6.16 Å². The van der Waals surface area contributed by atoms with Gasteiger partial charge in [0.1, 0.15) is 36.1 Å². The molecule has 4 unspecified atom stereocenters. The molecule has 0 spiro atoms. The normalized spacial score (nSPS) is 24.3. The summed E-state index contributed by atoms with van der Waals surface area (Å²) in [5, 5.41) is 24.5. The van der Waals surface area contributed by atoms with Crippen molar-refractivity contribution < 1.29 is 91.1 Å². The van der Waals surface area contributed by atoms with Crippen LogP contribution in [0.25, 0.3) is 0 Å². The summed E-state index contributed by atoms with van der Waals surface area (Å²) in [5.41, 5.74) is 3.36. The van der Waals surface area contributed by atoms with Gasteiger partial charge < -0.3 is 65.8 Å². The fourth-order valence-corrected chi connectivity index (χ4v) is 11.5. The number of imide groups is 1. The monoisotopic (exact) mass is 1160 g/mol. The Morgan fingerprint density at radius 2 is 1.35 bits per heavy atom. The van der Waals surface area contributed by atoms with Crippen LogP contribution in [0.15, 0.2) is 60.2 Å². The summed E-state index contributed by atoms with van der Waals surface area (Å²) in [6.07, 6.45) is 7.25. The lowest BCUT2D eigenvalue weighted by Gasteiger charge is -2.56. The molecule has 83 heavy (non-hydrogen) atoms. The number of primary amides is 1. The van der Waals surface area contributed by atoms with Crippen LogP contribution >= 0.6 is 0 Å². The number of aliphatic hydroxyl groups is 1. The van der Waals surface area contributed by atoms with Gasteiger partial charge in [0.2, 0.25) is 41.2 Å². The Bertz CT molecular complexity index is 2710. The smallest absolute Gasteiger partial charge is 0.429 e. The van der Waals surface area contributed by atoms with E-state index in [0.29, 0.717) is 31.4 Å². The van der Waals surface area contributed by atoms with Gasteiger partial charge in [-0.15, -0.1) is 0 Å². The number of hydrogen-bond donors (Lipinski definition) is 7. The van der Waals surface area contributed by atoms with Gasteiger partial charge in [0.05, 0.1) is 59.3 Å². The van der Waals surface area contributed by atoms with Gasteiger partial charge in [-0.05, 0) is 81.2 Å². The minimum absolute atomic E-state index is 0.00384. The number of rotatable bonds is 32. The molecule has 6 rings (SSSR count). The first kappa shape index (κ1) is 64.6. The number of benzene rings is 1. The first-order valence-corrected chi connectivity index (χ1v) is 27.7. The molecular weight excluding hydrogens is 1090 g/mol. The van der Waals surface area contributed by atoms with Crippen molar-refractivity contribution in [3.63, 3.8) is 0 Å². The number of Topliss-reactive ketones (excluding diaryl/α,β-unsaturated/α-hetero) is 2. The van der Waals surface area contributed by atoms with Crippen molar-refractivity contribution in [2.45, 2.75) is 109 Å². The van der Waals surface area contributed by atoms with Crippen molar-refractivity contribution in [3.8, 4) is 0 Å². The van der Waals surface area contributed by atoms with E-state index in [4.69, 9.17) is 34.2 Å². The fraction of sp³-hybridized carbons (Fsp3) is 0.579. The SMILES string of the molecule is C[C@H](NC(=O)CCOCCOCCOCCOCCNC(=O)CCN1C(=O)C=CC1=O)C(=O)N[C@@H](C)C(=O)NC(CC(N)=O)C(=O)Nc1ccc(COC(=O)OCC(=O)C2(O)CCC3[C@H]4CCC5=CC(=O)C=C[C@@]5(C)C4C(=O)C[C@]32C)cc1. The maximum atomic E-state index is 13.9. The topological polar surface area (TPSA) is 370 Å². The van der Waals surface area contributed by atoms with Crippen molar-refractivity contribution in [2.24, 2.45) is 34.3 Å². The number of fused-ring (bicyclic) bond motifs is 5. The number of carbonyl (C=O) groups is 12. The maximum absolute atomic E-state index is 13.9. The van der Waals surface area contributed by atoms with E-state index >= 15 is 0 Å². The number of amides is 8. The van der Waals surface area contributed by atoms with Crippen LogP contribution in [-0.2, 0) is 87.8 Å². The van der Waals surface area contributed by atoms with Crippen molar-refractivity contribution in [1.82, 2.24) is 26.2 Å². The van der Waals surface area contributed by atoms with E-state index in [0.717, 1.165) is 22.6 Å². The molecule has 3 saturated carbocycles. The summed E-state index contributed by atoms with van der Waals surface area (Å²) in [4.78, 5) is 152. The first-order chi connectivity index (χ1) is 39.4. The van der Waals surface area contributed by atoms with Crippen LogP contribution in [0.2, 0.25) is 0 Å². The molecule has 4 aliphatic carbocycles. The number of allylic oxidation sites excluding steroid dienone is 4. The molecule has 1 heterocycles. The van der Waals surface area contributed by atoms with Crippen LogP contribution in [-0.4, -0.2) is 177 Å². The standard InChI is InChI=1S/C57H75N7O19/c1-34(60-47(70)16-21-78-23-25-80-27-28-81-26-24-79-22-19-59-46(69)15-20-64-48(71)11-12-49(64)72)51(73)61-35(2)52(74)63-42(30-45(58)68)53(75)62-38-8-5-36(6-9-38)32-82-54(76)83-33-44(67)57(77)18-14-41-40-10-7-37-29-39(65)13-17-55(37,3)50(40)43(66)31-56(41,57)4/h5-6,8-9,11-13,17,29,34-35,40-42,50,77H,7,10,14-16,18-28,30-33H2,1-4H3,(H2,58,68)(H,59,69)(H,60,70)(H,61,73)(H,62,75)(H,63,74)/t34-,35-,40+,41?,42?,50?,55+,56+,57?/m0/s1. The highest BCUT2D eigenvalue weighted by molar-refractivity contribution is 6.13. The van der Waals surface area contributed by atoms with Crippen molar-refractivity contribution in [3.05, 3.63) is 65.8 Å². The number of ketones is 3. The Hall–Kier alpha value is -7.52. The summed E-state index contributed by atoms with van der Waals surface area (Å²) in [5.74, 6) is -6.53. The van der Waals surface area contributed by atoms with Gasteiger partial charge in [-0.2, -0.15) is 0 Å². The third kappa shape index (κ3) is 17.1. The molecule has 1 aliphatic heterocycles. The molecule has 0 aromatic heterocycles. The van der Waals surface area contributed by atoms with Crippen LogP contribution < -0.4 is 32.3 Å². The third-order valence-corrected chi connectivity index (χ3v) is 16.0. The van der Waals surface area contributed by atoms with Crippen LogP contribution in [0.3, 0.4) is 0 Å². The Kier molecular flexibility index (Phi) is 23.1. The van der Waals surface area contributed by atoms with Crippen LogP contribution in [0.4, 0.5) is 10.5 Å². The molecule has 26 nitrogen and oxygen atoms in total. The van der Waals surface area contributed by atoms with Crippen LogP contribution in [0, 0.1) is 28.6 Å². The molecule has 5 aliphatic rings. The van der Waals surface area contributed by atoms with Gasteiger partial charge in [0.15, 0.2) is 12.4 Å². The zero-order chi connectivity index (χ0) is 60.5. The predicted octanol–water partition coefficient (Wildman–Crippen LogP) is 0.323. The van der Waals surface area contributed by atoms with Crippen molar-refractivity contribution in [1.29, 1.82) is 0 Å². The van der Waals surface area contributed by atoms with E-state index in [1.54, 1.807) is 13.0 Å². The second-order valence-corrected chi connectivity index (χ2v) is 21.6. The molecule has 9 atom stereocenters. The lowest BCUT2D eigenvalue weighted by atomic mass is 9.46. The van der Waals surface area contributed by atoms with Crippen LogP contribution in [0.1, 0.15) is 84.6 Å². The summed E-state index contributed by atoms with van der Waals surface area (Å²) >= 11 is 0. The number of carbonyl (C=O) groups excluding carboxylic acids is 12. The number of anilines is 1. The van der Waals surface area contributed by atoms with Crippen LogP contribution in [0.5, 0.6) is 0 Å². The summed E-state index contributed by atoms with van der Waals surface area (Å²) < 4.78 is 32.0. The number of ether oxygens (including phenoxy) is 6. The van der Waals surface area contributed by atoms with Gasteiger partial charge in [-0.1, -0.05) is 37.6 Å². The second kappa shape index (κ2) is 29.6. The van der Waals surface area contributed by atoms with Gasteiger partial charge in [-0.3, -0.25) is 57.6 Å². The summed E-state index contributed by atoms with van der Waals surface area (Å²) in [6, 6.07) is 2.17.